The number of nitrogens with zero attached hydrogens (tertiary/aromatic N) is 1. The van der Waals surface area contributed by atoms with Crippen LogP contribution in [0.3, 0.4) is 0 Å². The van der Waals surface area contributed by atoms with Crippen molar-refractivity contribution in [1.82, 2.24) is 4.90 Å². The fraction of sp³-hybridized carbons (Fsp3) is 0.429. The molecular formula is C14H17Cl2NO3. The first-order chi connectivity index (χ1) is 9.17. The van der Waals surface area contributed by atoms with Gasteiger partial charge in [0.25, 0.3) is 0 Å². The molecule has 0 heterocycles. The van der Waals surface area contributed by atoms with Gasteiger partial charge in [-0.25, -0.2) is 4.79 Å². The minimum absolute atomic E-state index is 0.252. The predicted octanol–water partition coefficient (Wildman–Crippen LogP) is 4.10. The number of hydrogen-bond donors (Lipinski definition) is 0. The van der Waals surface area contributed by atoms with Gasteiger partial charge in [0, 0.05) is 12.6 Å². The minimum Gasteiger partial charge on any atom is -0.444 e. The summed E-state index contributed by atoms with van der Waals surface area (Å²) in [5, 5.41) is 0.579. The van der Waals surface area contributed by atoms with Crippen LogP contribution in [0.5, 0.6) is 0 Å². The number of carbonyl (C=O) groups is 2. The number of rotatable bonds is 3. The Morgan fingerprint density at radius 3 is 2.45 bits per heavy atom. The van der Waals surface area contributed by atoms with E-state index in [9.17, 15) is 9.59 Å². The molecule has 0 saturated heterocycles. The third kappa shape index (κ3) is 4.12. The topological polar surface area (TPSA) is 46.6 Å². The van der Waals surface area contributed by atoms with Crippen molar-refractivity contribution in [3.63, 3.8) is 0 Å². The van der Waals surface area contributed by atoms with E-state index < -0.39 is 17.7 Å². The van der Waals surface area contributed by atoms with Crippen LogP contribution in [0.1, 0.15) is 32.4 Å². The Hall–Kier alpha value is -1.26. The zero-order chi connectivity index (χ0) is 15.5. The molecule has 1 unspecified atom stereocenters. The highest BCUT2D eigenvalue weighted by Gasteiger charge is 2.27. The van der Waals surface area contributed by atoms with Crippen LogP contribution in [-0.4, -0.2) is 29.9 Å². The second-order valence-electron chi connectivity index (χ2n) is 5.32. The van der Waals surface area contributed by atoms with Gasteiger partial charge in [0.2, 0.25) is 0 Å². The summed E-state index contributed by atoms with van der Waals surface area (Å²) in [4.78, 5) is 24.5. The summed E-state index contributed by atoms with van der Waals surface area (Å²) < 4.78 is 5.23. The maximum absolute atomic E-state index is 12.0. The van der Waals surface area contributed by atoms with Gasteiger partial charge in [0.15, 0.2) is 0 Å². The monoisotopic (exact) mass is 317 g/mol. The molecule has 1 amide bonds. The van der Waals surface area contributed by atoms with Gasteiger partial charge in [-0.05, 0) is 26.8 Å². The Kier molecular flexibility index (Phi) is 5.42. The van der Waals surface area contributed by atoms with Crippen LogP contribution in [0.2, 0.25) is 10.0 Å². The van der Waals surface area contributed by atoms with Gasteiger partial charge in [0.05, 0.1) is 10.0 Å². The minimum atomic E-state index is -0.851. The van der Waals surface area contributed by atoms with Gasteiger partial charge >= 0.3 is 6.09 Å². The quantitative estimate of drug-likeness (QED) is 0.788. The molecule has 1 aromatic rings. The van der Waals surface area contributed by atoms with Gasteiger partial charge in [-0.15, -0.1) is 0 Å². The van der Waals surface area contributed by atoms with Crippen molar-refractivity contribution in [2.75, 3.05) is 7.05 Å². The van der Waals surface area contributed by atoms with Crippen molar-refractivity contribution < 1.29 is 14.3 Å². The van der Waals surface area contributed by atoms with Gasteiger partial charge in [-0.2, -0.15) is 0 Å². The highest BCUT2D eigenvalue weighted by molar-refractivity contribution is 6.42. The Balaban J connectivity index is 3.04. The lowest BCUT2D eigenvalue weighted by Gasteiger charge is -2.28. The van der Waals surface area contributed by atoms with Crippen molar-refractivity contribution in [2.24, 2.45) is 0 Å². The molecule has 4 nitrogen and oxygen atoms in total. The first-order valence-corrected chi connectivity index (χ1v) is 6.78. The number of aldehydes is 1. The maximum Gasteiger partial charge on any atom is 0.410 e. The zero-order valence-corrected chi connectivity index (χ0v) is 13.3. The molecule has 1 rings (SSSR count). The SMILES string of the molecule is CN(C(=O)OC(C)(C)C)C(C=O)c1cccc(Cl)c1Cl. The van der Waals surface area contributed by atoms with E-state index in [-0.39, 0.29) is 5.02 Å². The van der Waals surface area contributed by atoms with Gasteiger partial charge in [-0.1, -0.05) is 35.3 Å². The average molecular weight is 318 g/mol. The fourth-order valence-corrected chi connectivity index (χ4v) is 1.99. The largest absolute Gasteiger partial charge is 0.444 e. The lowest BCUT2D eigenvalue weighted by Crippen LogP contribution is -2.37. The van der Waals surface area contributed by atoms with Crippen LogP contribution in [0.25, 0.3) is 0 Å². The number of hydrogen-bond acceptors (Lipinski definition) is 3. The Morgan fingerprint density at radius 1 is 1.35 bits per heavy atom. The number of carbonyl (C=O) groups excluding carboxylic acids is 2. The Morgan fingerprint density at radius 2 is 1.95 bits per heavy atom. The molecule has 1 aromatic carbocycles. The number of amides is 1. The number of ether oxygens (including phenoxy) is 1. The smallest absolute Gasteiger partial charge is 0.410 e. The lowest BCUT2D eigenvalue weighted by molar-refractivity contribution is -0.112. The van der Waals surface area contributed by atoms with E-state index in [1.165, 1.54) is 11.9 Å². The molecule has 20 heavy (non-hydrogen) atoms. The van der Waals surface area contributed by atoms with Crippen molar-refractivity contribution in [1.29, 1.82) is 0 Å². The molecule has 0 aliphatic rings. The Bertz CT molecular complexity index is 512. The summed E-state index contributed by atoms with van der Waals surface area (Å²) in [6.45, 7) is 5.25. The molecule has 1 atom stereocenters. The highest BCUT2D eigenvalue weighted by atomic mass is 35.5. The van der Waals surface area contributed by atoms with Crippen molar-refractivity contribution in [2.45, 2.75) is 32.4 Å². The van der Waals surface area contributed by atoms with Crippen LogP contribution >= 0.6 is 23.2 Å². The first kappa shape index (κ1) is 16.8. The van der Waals surface area contributed by atoms with Crippen molar-refractivity contribution in [3.05, 3.63) is 33.8 Å². The molecule has 0 saturated carbocycles. The molecule has 0 bridgehead atoms. The molecule has 0 aliphatic heterocycles. The van der Waals surface area contributed by atoms with Gasteiger partial charge in [-0.3, -0.25) is 4.90 Å². The van der Waals surface area contributed by atoms with Gasteiger partial charge in [0.1, 0.15) is 17.9 Å². The van der Waals surface area contributed by atoms with Gasteiger partial charge < -0.3 is 9.53 Å². The number of halogens is 2. The van der Waals surface area contributed by atoms with Crippen molar-refractivity contribution >= 4 is 35.6 Å². The molecule has 0 aliphatic carbocycles. The summed E-state index contributed by atoms with van der Waals surface area (Å²) >= 11 is 12.0. The number of likely N-dealkylation sites (N-methyl/N-ethyl adjacent to an activating group) is 1. The maximum atomic E-state index is 12.0. The average Bonchev–Trinajstić information content (AvgIpc) is 2.33. The summed E-state index contributed by atoms with van der Waals surface area (Å²) in [7, 11) is 1.48. The van der Waals surface area contributed by atoms with Crippen molar-refractivity contribution in [3.8, 4) is 0 Å². The molecule has 110 valence electrons. The molecular weight excluding hydrogens is 301 g/mol. The predicted molar refractivity (Wildman–Crippen MR) is 79.3 cm³/mol. The van der Waals surface area contributed by atoms with E-state index in [4.69, 9.17) is 27.9 Å². The molecule has 0 fully saturated rings. The summed E-state index contributed by atoms with van der Waals surface area (Å²) in [5.74, 6) is 0. The van der Waals surface area contributed by atoms with E-state index in [0.29, 0.717) is 16.9 Å². The van der Waals surface area contributed by atoms with Crippen LogP contribution in [0, 0.1) is 0 Å². The first-order valence-electron chi connectivity index (χ1n) is 6.02. The molecule has 6 heteroatoms. The summed E-state index contributed by atoms with van der Waals surface area (Å²) in [6.07, 6.45) is 0.0206. The second kappa shape index (κ2) is 6.46. The molecule has 0 radical (unpaired) electrons. The normalized spacial score (nSPS) is 12.7. The third-order valence-electron chi connectivity index (χ3n) is 2.53. The fourth-order valence-electron chi connectivity index (χ4n) is 1.57. The van der Waals surface area contributed by atoms with E-state index in [1.807, 2.05) is 0 Å². The molecule has 0 N–H and O–H groups in total. The summed E-state index contributed by atoms with van der Waals surface area (Å²) in [6, 6.07) is 4.08. The van der Waals surface area contributed by atoms with Crippen LogP contribution in [-0.2, 0) is 9.53 Å². The third-order valence-corrected chi connectivity index (χ3v) is 3.36. The second-order valence-corrected chi connectivity index (χ2v) is 6.10. The Labute approximate surface area is 128 Å². The van der Waals surface area contributed by atoms with E-state index in [2.05, 4.69) is 0 Å². The zero-order valence-electron chi connectivity index (χ0n) is 11.8. The molecule has 0 spiro atoms. The van der Waals surface area contributed by atoms with E-state index in [0.717, 1.165) is 0 Å². The van der Waals surface area contributed by atoms with Crippen LogP contribution < -0.4 is 0 Å². The van der Waals surface area contributed by atoms with Crippen LogP contribution in [0.4, 0.5) is 4.79 Å². The van der Waals surface area contributed by atoms with E-state index >= 15 is 0 Å². The van der Waals surface area contributed by atoms with Crippen LogP contribution in [0.15, 0.2) is 18.2 Å². The lowest BCUT2D eigenvalue weighted by atomic mass is 10.1. The molecule has 0 aromatic heterocycles. The van der Waals surface area contributed by atoms with E-state index in [1.54, 1.807) is 39.0 Å². The summed E-state index contributed by atoms with van der Waals surface area (Å²) in [5.41, 5.74) is -0.181. The number of benzene rings is 1. The highest BCUT2D eigenvalue weighted by Crippen LogP contribution is 2.31. The standard InChI is InChI=1S/C14H17Cl2NO3/c1-14(2,3)20-13(19)17(4)11(8-18)9-6-5-7-10(15)12(9)16/h5-8,11H,1-4H3.